The van der Waals surface area contributed by atoms with Crippen LogP contribution in [-0.4, -0.2) is 54.8 Å². The highest BCUT2D eigenvalue weighted by Crippen LogP contribution is 2.17. The molecule has 6 nitrogen and oxygen atoms in total. The molecule has 170 valence electrons. The van der Waals surface area contributed by atoms with E-state index in [1.807, 2.05) is 12.1 Å². The molecule has 1 aliphatic rings. The monoisotopic (exact) mass is 443 g/mol. The molecule has 0 aromatic heterocycles. The van der Waals surface area contributed by atoms with E-state index in [1.54, 1.807) is 24.3 Å². The van der Waals surface area contributed by atoms with Crippen molar-refractivity contribution in [2.75, 3.05) is 38.1 Å². The number of aldehydes is 1. The van der Waals surface area contributed by atoms with Crippen LogP contribution >= 0.6 is 0 Å². The fraction of sp³-hybridized carbons (Fsp3) is 0.259. The fourth-order valence-electron chi connectivity index (χ4n) is 3.95. The number of carbonyl (C=O) groups excluding carboxylic acids is 2. The van der Waals surface area contributed by atoms with Crippen LogP contribution in [0.15, 0.2) is 78.9 Å². The summed E-state index contributed by atoms with van der Waals surface area (Å²) in [5, 5.41) is 2.84. The van der Waals surface area contributed by atoms with Gasteiger partial charge in [0.2, 0.25) is 0 Å². The maximum Gasteiger partial charge on any atom is 0.262 e. The van der Waals surface area contributed by atoms with Crippen LogP contribution in [0.1, 0.15) is 21.5 Å². The van der Waals surface area contributed by atoms with Crippen LogP contribution in [0, 0.1) is 0 Å². The number of para-hydroxylation sites is 1. The molecular formula is C27H29N3O3. The zero-order valence-corrected chi connectivity index (χ0v) is 18.7. The molecule has 0 aliphatic carbocycles. The largest absolute Gasteiger partial charge is 0.483 e. The number of nitrogens with zero attached hydrogens (tertiary/aromatic N) is 2. The summed E-state index contributed by atoms with van der Waals surface area (Å²) >= 11 is 0. The first-order valence-electron chi connectivity index (χ1n) is 11.2. The smallest absolute Gasteiger partial charge is 0.262 e. The van der Waals surface area contributed by atoms with Crippen LogP contribution in [0.25, 0.3) is 0 Å². The molecule has 1 fully saturated rings. The van der Waals surface area contributed by atoms with Crippen LogP contribution in [-0.2, 0) is 17.9 Å². The van der Waals surface area contributed by atoms with Gasteiger partial charge in [-0.2, -0.15) is 0 Å². The normalized spacial score (nSPS) is 14.5. The van der Waals surface area contributed by atoms with Gasteiger partial charge in [-0.05, 0) is 35.4 Å². The van der Waals surface area contributed by atoms with E-state index in [1.165, 1.54) is 11.1 Å². The number of anilines is 1. The summed E-state index contributed by atoms with van der Waals surface area (Å²) in [6, 6.07) is 25.4. The van der Waals surface area contributed by atoms with Gasteiger partial charge in [0.05, 0.1) is 5.56 Å². The molecule has 1 saturated heterocycles. The maximum absolute atomic E-state index is 12.2. The average Bonchev–Trinajstić information content (AvgIpc) is 2.86. The summed E-state index contributed by atoms with van der Waals surface area (Å²) < 4.78 is 5.48. The fourth-order valence-corrected chi connectivity index (χ4v) is 3.95. The van der Waals surface area contributed by atoms with Crippen LogP contribution in [0.5, 0.6) is 5.75 Å². The third-order valence-electron chi connectivity index (χ3n) is 5.76. The summed E-state index contributed by atoms with van der Waals surface area (Å²) in [7, 11) is 0. The lowest BCUT2D eigenvalue weighted by Gasteiger charge is -2.34. The van der Waals surface area contributed by atoms with Gasteiger partial charge in [-0.1, -0.05) is 54.6 Å². The first-order valence-corrected chi connectivity index (χ1v) is 11.2. The predicted octanol–water partition coefficient (Wildman–Crippen LogP) is 3.83. The lowest BCUT2D eigenvalue weighted by atomic mass is 10.1. The van der Waals surface area contributed by atoms with E-state index < -0.39 is 0 Å². The molecule has 33 heavy (non-hydrogen) atoms. The Morgan fingerprint density at radius 3 is 2.00 bits per heavy atom. The molecule has 6 heteroatoms. The molecule has 3 aromatic carbocycles. The van der Waals surface area contributed by atoms with Gasteiger partial charge in [-0.15, -0.1) is 0 Å². The Morgan fingerprint density at radius 1 is 0.788 bits per heavy atom. The minimum absolute atomic E-state index is 0.153. The minimum Gasteiger partial charge on any atom is -0.483 e. The Bertz CT molecular complexity index is 1050. The van der Waals surface area contributed by atoms with E-state index in [9.17, 15) is 9.59 Å². The first kappa shape index (κ1) is 22.7. The molecule has 0 bridgehead atoms. The van der Waals surface area contributed by atoms with Gasteiger partial charge in [-0.25, -0.2) is 0 Å². The van der Waals surface area contributed by atoms with Crippen LogP contribution in [0.3, 0.4) is 0 Å². The van der Waals surface area contributed by atoms with E-state index in [-0.39, 0.29) is 12.5 Å². The van der Waals surface area contributed by atoms with Crippen molar-refractivity contribution in [2.45, 2.75) is 13.1 Å². The van der Waals surface area contributed by atoms with E-state index in [2.05, 4.69) is 57.6 Å². The Kier molecular flexibility index (Phi) is 7.85. The van der Waals surface area contributed by atoms with Crippen molar-refractivity contribution in [3.05, 3.63) is 95.6 Å². The van der Waals surface area contributed by atoms with Gasteiger partial charge in [0.25, 0.3) is 5.91 Å². The van der Waals surface area contributed by atoms with E-state index in [0.29, 0.717) is 11.3 Å². The number of rotatable bonds is 9. The number of carbonyl (C=O) groups is 2. The molecule has 0 saturated carbocycles. The zero-order chi connectivity index (χ0) is 22.9. The molecule has 1 aliphatic heterocycles. The predicted molar refractivity (Wildman–Crippen MR) is 129 cm³/mol. The highest BCUT2D eigenvalue weighted by molar-refractivity contribution is 5.92. The Labute approximate surface area is 194 Å². The molecule has 0 spiro atoms. The number of benzene rings is 3. The van der Waals surface area contributed by atoms with E-state index in [0.717, 1.165) is 51.2 Å². The summed E-state index contributed by atoms with van der Waals surface area (Å²) in [4.78, 5) is 28.2. The number of piperazine rings is 1. The van der Waals surface area contributed by atoms with Gasteiger partial charge in [0.1, 0.15) is 5.75 Å². The Morgan fingerprint density at radius 2 is 1.36 bits per heavy atom. The lowest BCUT2D eigenvalue weighted by Crippen LogP contribution is -2.45. The third-order valence-corrected chi connectivity index (χ3v) is 5.76. The molecule has 1 heterocycles. The summed E-state index contributed by atoms with van der Waals surface area (Å²) in [6.07, 6.45) is 0.717. The Balaban J connectivity index is 1.20. The number of hydrogen-bond acceptors (Lipinski definition) is 5. The van der Waals surface area contributed by atoms with Crippen LogP contribution in [0.2, 0.25) is 0 Å². The second-order valence-electron chi connectivity index (χ2n) is 8.23. The van der Waals surface area contributed by atoms with Gasteiger partial charge in [0.15, 0.2) is 12.9 Å². The van der Waals surface area contributed by atoms with Crippen molar-refractivity contribution < 1.29 is 14.3 Å². The second kappa shape index (κ2) is 11.4. The summed E-state index contributed by atoms with van der Waals surface area (Å²) in [6.45, 7) is 5.98. The molecule has 3 aromatic rings. The number of nitrogens with one attached hydrogen (secondary N) is 1. The zero-order valence-electron chi connectivity index (χ0n) is 18.7. The summed E-state index contributed by atoms with van der Waals surface area (Å²) in [5.41, 5.74) is 3.74. The SMILES string of the molecule is O=Cc1ccccc1OCC(=O)Nc1ccc(CN2CCN(Cc3ccccc3)CC2)cc1. The molecule has 0 unspecified atom stereocenters. The Hall–Kier alpha value is -3.48. The highest BCUT2D eigenvalue weighted by atomic mass is 16.5. The topological polar surface area (TPSA) is 61.9 Å². The highest BCUT2D eigenvalue weighted by Gasteiger charge is 2.17. The van der Waals surface area contributed by atoms with Crippen LogP contribution in [0.4, 0.5) is 5.69 Å². The van der Waals surface area contributed by atoms with Gasteiger partial charge < -0.3 is 10.1 Å². The van der Waals surface area contributed by atoms with E-state index in [4.69, 9.17) is 4.74 Å². The minimum atomic E-state index is -0.266. The van der Waals surface area contributed by atoms with Gasteiger partial charge in [0, 0.05) is 45.0 Å². The van der Waals surface area contributed by atoms with Crippen molar-refractivity contribution in [3.8, 4) is 5.75 Å². The standard InChI is InChI=1S/C27H29N3O3/c31-20-24-8-4-5-9-26(24)33-21-27(32)28-25-12-10-23(11-13-25)19-30-16-14-29(15-17-30)18-22-6-2-1-3-7-22/h1-13,20H,14-19,21H2,(H,28,32). The number of ether oxygens (including phenoxy) is 1. The quantitative estimate of drug-likeness (QED) is 0.509. The molecule has 1 N–H and O–H groups in total. The average molecular weight is 444 g/mol. The van der Waals surface area contributed by atoms with Crippen molar-refractivity contribution in [1.29, 1.82) is 0 Å². The number of amides is 1. The molecule has 1 amide bonds. The lowest BCUT2D eigenvalue weighted by molar-refractivity contribution is -0.118. The van der Waals surface area contributed by atoms with E-state index >= 15 is 0 Å². The van der Waals surface area contributed by atoms with Crippen LogP contribution < -0.4 is 10.1 Å². The molecular weight excluding hydrogens is 414 g/mol. The van der Waals surface area contributed by atoms with Crippen molar-refractivity contribution >= 4 is 17.9 Å². The maximum atomic E-state index is 12.2. The second-order valence-corrected chi connectivity index (χ2v) is 8.23. The summed E-state index contributed by atoms with van der Waals surface area (Å²) in [5.74, 6) is 0.139. The van der Waals surface area contributed by atoms with Gasteiger partial charge >= 0.3 is 0 Å². The van der Waals surface area contributed by atoms with Crippen molar-refractivity contribution in [2.24, 2.45) is 0 Å². The van der Waals surface area contributed by atoms with Crippen molar-refractivity contribution in [1.82, 2.24) is 9.80 Å². The van der Waals surface area contributed by atoms with Gasteiger partial charge in [-0.3, -0.25) is 19.4 Å². The van der Waals surface area contributed by atoms with Crippen molar-refractivity contribution in [3.63, 3.8) is 0 Å². The third kappa shape index (κ3) is 6.75. The number of hydrogen-bond donors (Lipinski definition) is 1. The molecule has 0 atom stereocenters. The molecule has 4 rings (SSSR count). The molecule has 0 radical (unpaired) electrons. The first-order chi connectivity index (χ1) is 16.2.